The average Bonchev–Trinajstić information content (AvgIpc) is 2.63. The molecule has 0 unspecified atom stereocenters. The molecular formula is C13H24N2O. The molecule has 3 heteroatoms. The largest absolute Gasteiger partial charge is 0.340 e. The first-order chi connectivity index (χ1) is 7.48. The summed E-state index contributed by atoms with van der Waals surface area (Å²) in [5.74, 6) is 0.384. The van der Waals surface area contributed by atoms with Crippen molar-refractivity contribution < 1.29 is 4.79 Å². The van der Waals surface area contributed by atoms with E-state index in [1.807, 2.05) is 0 Å². The molecule has 2 aliphatic heterocycles. The topological polar surface area (TPSA) is 23.6 Å². The zero-order chi connectivity index (χ0) is 11.8. The van der Waals surface area contributed by atoms with Crippen LogP contribution < -0.4 is 0 Å². The van der Waals surface area contributed by atoms with Crippen LogP contribution in [0.4, 0.5) is 0 Å². The number of piperidine rings is 1. The molecule has 2 fully saturated rings. The van der Waals surface area contributed by atoms with Crippen LogP contribution in [0.3, 0.4) is 0 Å². The Balaban J connectivity index is 1.88. The Bertz CT molecular complexity index is 262. The number of carbonyl (C=O) groups is 1. The molecule has 2 aliphatic rings. The molecule has 0 aromatic rings. The summed E-state index contributed by atoms with van der Waals surface area (Å²) >= 11 is 0. The number of carbonyl (C=O) groups excluding carboxylic acids is 1. The van der Waals surface area contributed by atoms with Crippen molar-refractivity contribution in [2.24, 2.45) is 0 Å². The van der Waals surface area contributed by atoms with Crippen molar-refractivity contribution in [1.82, 2.24) is 9.80 Å². The summed E-state index contributed by atoms with van der Waals surface area (Å²) in [5.41, 5.74) is 0.278. The van der Waals surface area contributed by atoms with E-state index in [1.54, 1.807) is 0 Å². The Hall–Kier alpha value is -0.570. The average molecular weight is 224 g/mol. The van der Waals surface area contributed by atoms with E-state index in [4.69, 9.17) is 0 Å². The van der Waals surface area contributed by atoms with E-state index in [-0.39, 0.29) is 5.54 Å². The molecule has 3 nitrogen and oxygen atoms in total. The second-order valence-electron chi connectivity index (χ2n) is 6.08. The van der Waals surface area contributed by atoms with Gasteiger partial charge >= 0.3 is 0 Å². The summed E-state index contributed by atoms with van der Waals surface area (Å²) in [6.45, 7) is 10.1. The van der Waals surface area contributed by atoms with Crippen LogP contribution in [0.1, 0.15) is 46.5 Å². The van der Waals surface area contributed by atoms with Gasteiger partial charge in [-0.3, -0.25) is 9.69 Å². The third-order valence-corrected chi connectivity index (χ3v) is 3.96. The van der Waals surface area contributed by atoms with Crippen molar-refractivity contribution in [3.05, 3.63) is 0 Å². The molecular weight excluding hydrogens is 200 g/mol. The van der Waals surface area contributed by atoms with Crippen LogP contribution in [0, 0.1) is 0 Å². The second-order valence-corrected chi connectivity index (χ2v) is 6.08. The first-order valence-corrected chi connectivity index (χ1v) is 6.53. The molecule has 0 N–H and O–H groups in total. The second kappa shape index (κ2) is 4.36. The molecule has 0 bridgehead atoms. The molecule has 0 atom stereocenters. The van der Waals surface area contributed by atoms with Gasteiger partial charge in [-0.2, -0.15) is 0 Å². The Kier molecular flexibility index (Phi) is 3.24. The van der Waals surface area contributed by atoms with Gasteiger partial charge in [-0.15, -0.1) is 0 Å². The first-order valence-electron chi connectivity index (χ1n) is 6.53. The first kappa shape index (κ1) is 11.9. The summed E-state index contributed by atoms with van der Waals surface area (Å²) in [4.78, 5) is 16.3. The van der Waals surface area contributed by atoms with Gasteiger partial charge in [0.1, 0.15) is 0 Å². The number of rotatable bonds is 1. The normalized spacial score (nSPS) is 25.4. The van der Waals surface area contributed by atoms with Crippen molar-refractivity contribution in [3.8, 4) is 0 Å². The summed E-state index contributed by atoms with van der Waals surface area (Å²) in [7, 11) is 0. The predicted octanol–water partition coefficient (Wildman–Crippen LogP) is 1.87. The van der Waals surface area contributed by atoms with Crippen molar-refractivity contribution >= 4 is 5.91 Å². The number of hydrogen-bond acceptors (Lipinski definition) is 2. The van der Waals surface area contributed by atoms with E-state index < -0.39 is 0 Å². The van der Waals surface area contributed by atoms with Gasteiger partial charge in [0.15, 0.2) is 0 Å². The lowest BCUT2D eigenvalue weighted by molar-refractivity contribution is -0.130. The van der Waals surface area contributed by atoms with E-state index in [9.17, 15) is 4.79 Å². The minimum Gasteiger partial charge on any atom is -0.340 e. The monoisotopic (exact) mass is 224 g/mol. The summed E-state index contributed by atoms with van der Waals surface area (Å²) < 4.78 is 0. The van der Waals surface area contributed by atoms with Gasteiger partial charge in [-0.25, -0.2) is 0 Å². The van der Waals surface area contributed by atoms with Crippen LogP contribution in [0.5, 0.6) is 0 Å². The summed E-state index contributed by atoms with van der Waals surface area (Å²) in [5, 5.41) is 0. The van der Waals surface area contributed by atoms with Gasteiger partial charge in [-0.05, 0) is 40.0 Å². The Morgan fingerprint density at radius 1 is 1.12 bits per heavy atom. The maximum absolute atomic E-state index is 11.7. The zero-order valence-electron chi connectivity index (χ0n) is 10.8. The number of nitrogens with zero attached hydrogens (tertiary/aromatic N) is 2. The third kappa shape index (κ3) is 2.40. The summed E-state index contributed by atoms with van der Waals surface area (Å²) in [6, 6.07) is 0.522. The van der Waals surface area contributed by atoms with E-state index in [0.29, 0.717) is 11.9 Å². The van der Waals surface area contributed by atoms with E-state index in [0.717, 1.165) is 45.3 Å². The molecule has 2 heterocycles. The fraction of sp³-hybridized carbons (Fsp3) is 0.923. The lowest BCUT2D eigenvalue weighted by atomic mass is 9.97. The van der Waals surface area contributed by atoms with Gasteiger partial charge in [-0.1, -0.05) is 0 Å². The molecule has 2 rings (SSSR count). The van der Waals surface area contributed by atoms with Gasteiger partial charge < -0.3 is 4.90 Å². The van der Waals surface area contributed by atoms with E-state index in [1.165, 1.54) is 0 Å². The molecule has 1 amide bonds. The quantitative estimate of drug-likeness (QED) is 0.679. The predicted molar refractivity (Wildman–Crippen MR) is 65.3 cm³/mol. The van der Waals surface area contributed by atoms with Crippen LogP contribution >= 0.6 is 0 Å². The molecule has 16 heavy (non-hydrogen) atoms. The molecule has 0 radical (unpaired) electrons. The van der Waals surface area contributed by atoms with Gasteiger partial charge in [0, 0.05) is 37.6 Å². The van der Waals surface area contributed by atoms with E-state index in [2.05, 4.69) is 30.6 Å². The maximum Gasteiger partial charge on any atom is 0.222 e. The minimum absolute atomic E-state index is 0.278. The van der Waals surface area contributed by atoms with Crippen LogP contribution in [-0.2, 0) is 4.79 Å². The molecule has 2 saturated heterocycles. The van der Waals surface area contributed by atoms with Crippen molar-refractivity contribution in [1.29, 1.82) is 0 Å². The number of hydrogen-bond donors (Lipinski definition) is 0. The van der Waals surface area contributed by atoms with Gasteiger partial charge in [0.25, 0.3) is 0 Å². The molecule has 0 spiro atoms. The van der Waals surface area contributed by atoms with E-state index >= 15 is 0 Å². The highest BCUT2D eigenvalue weighted by atomic mass is 16.2. The van der Waals surface area contributed by atoms with Crippen LogP contribution in [0.2, 0.25) is 0 Å². The molecule has 0 saturated carbocycles. The highest BCUT2D eigenvalue weighted by molar-refractivity contribution is 5.78. The van der Waals surface area contributed by atoms with Crippen LogP contribution in [0.15, 0.2) is 0 Å². The molecule has 92 valence electrons. The Labute approximate surface area is 98.8 Å². The SMILES string of the molecule is CC(C)(C)N1CCC(N2CCCC2=O)CC1. The van der Waals surface area contributed by atoms with Gasteiger partial charge in [0.05, 0.1) is 0 Å². The Morgan fingerprint density at radius 2 is 1.75 bits per heavy atom. The lowest BCUT2D eigenvalue weighted by Gasteiger charge is -2.43. The molecule has 0 aromatic heterocycles. The van der Waals surface area contributed by atoms with Crippen molar-refractivity contribution in [2.75, 3.05) is 19.6 Å². The molecule has 0 aromatic carbocycles. The molecule has 0 aliphatic carbocycles. The summed E-state index contributed by atoms with van der Waals surface area (Å²) in [6.07, 6.45) is 4.16. The zero-order valence-corrected chi connectivity index (χ0v) is 10.8. The number of amides is 1. The lowest BCUT2D eigenvalue weighted by Crippen LogP contribution is -2.51. The van der Waals surface area contributed by atoms with Crippen molar-refractivity contribution in [3.63, 3.8) is 0 Å². The van der Waals surface area contributed by atoms with Gasteiger partial charge in [0.2, 0.25) is 5.91 Å². The highest BCUT2D eigenvalue weighted by Gasteiger charge is 2.33. The Morgan fingerprint density at radius 3 is 2.19 bits per heavy atom. The van der Waals surface area contributed by atoms with Crippen LogP contribution in [0.25, 0.3) is 0 Å². The maximum atomic E-state index is 11.7. The highest BCUT2D eigenvalue weighted by Crippen LogP contribution is 2.25. The van der Waals surface area contributed by atoms with Crippen LogP contribution in [-0.4, -0.2) is 46.9 Å². The number of likely N-dealkylation sites (tertiary alicyclic amines) is 2. The fourth-order valence-corrected chi connectivity index (χ4v) is 2.90. The standard InChI is InChI=1S/C13H24N2O/c1-13(2,3)14-9-6-11(7-10-14)15-8-4-5-12(15)16/h11H,4-10H2,1-3H3. The van der Waals surface area contributed by atoms with Crippen molar-refractivity contribution in [2.45, 2.75) is 58.0 Å². The fourth-order valence-electron chi connectivity index (χ4n) is 2.90. The smallest absolute Gasteiger partial charge is 0.222 e. The minimum atomic E-state index is 0.278. The third-order valence-electron chi connectivity index (χ3n) is 3.96.